The third-order valence-electron chi connectivity index (χ3n) is 5.46. The first-order valence-corrected chi connectivity index (χ1v) is 11.8. The topological polar surface area (TPSA) is 95.4 Å². The smallest absolute Gasteiger partial charge is 0.243 e. The molecule has 2 amide bonds. The van der Waals surface area contributed by atoms with Crippen molar-refractivity contribution in [1.82, 2.24) is 14.6 Å². The van der Waals surface area contributed by atoms with Crippen molar-refractivity contribution in [3.63, 3.8) is 0 Å². The number of nitrogens with one attached hydrogen (secondary N) is 2. The van der Waals surface area contributed by atoms with Gasteiger partial charge in [-0.25, -0.2) is 4.39 Å². The quantitative estimate of drug-likeness (QED) is 0.331. The van der Waals surface area contributed by atoms with E-state index in [1.807, 2.05) is 6.07 Å². The number of nitrogens with zero attached hydrogens (tertiary/aromatic N) is 1. The molecule has 31 heavy (non-hydrogen) atoms. The molecule has 2 N–H and O–H groups in total. The Hall–Kier alpha value is -2.36. The minimum atomic E-state index is -1.25. The molecule has 1 aliphatic carbocycles. The van der Waals surface area contributed by atoms with Crippen LogP contribution in [0.1, 0.15) is 32.1 Å². The standard InChI is InChI=1S/C22H26FN3O4S/c23-18-5-4-16(12-20(18)30-14-15-2-3-15)17-8-10-26(13-17)31(29)11-1-9-24-19-6-7-21(27)25-22(19)28/h4-5,8,10,12-13,15,19,24H,1-3,6-7,9,11,14H2,(H,25,27,28). The van der Waals surface area contributed by atoms with Gasteiger partial charge in [0.25, 0.3) is 0 Å². The molecule has 9 heteroatoms. The average Bonchev–Trinajstić information content (AvgIpc) is 3.45. The van der Waals surface area contributed by atoms with Gasteiger partial charge >= 0.3 is 0 Å². The Bertz CT molecular complexity index is 947. The lowest BCUT2D eigenvalue weighted by atomic mass is 10.1. The summed E-state index contributed by atoms with van der Waals surface area (Å²) in [5, 5.41) is 5.42. The molecule has 1 saturated heterocycles. The highest BCUT2D eigenvalue weighted by atomic mass is 32.2. The number of hydrogen-bond donors (Lipinski definition) is 2. The van der Waals surface area contributed by atoms with Crippen LogP contribution in [0.5, 0.6) is 5.75 Å². The lowest BCUT2D eigenvalue weighted by molar-refractivity contribution is -0.134. The number of amides is 2. The van der Waals surface area contributed by atoms with E-state index in [4.69, 9.17) is 4.74 Å². The van der Waals surface area contributed by atoms with Crippen molar-refractivity contribution in [2.75, 3.05) is 18.9 Å². The van der Waals surface area contributed by atoms with Crippen LogP contribution in [0.15, 0.2) is 36.7 Å². The number of ether oxygens (including phenoxy) is 1. The molecule has 2 aliphatic rings. The molecule has 4 rings (SSSR count). The van der Waals surface area contributed by atoms with Gasteiger partial charge in [-0.05, 0) is 48.9 Å². The number of carbonyl (C=O) groups excluding carboxylic acids is 2. The van der Waals surface area contributed by atoms with Crippen LogP contribution in [0.25, 0.3) is 11.1 Å². The third kappa shape index (κ3) is 5.87. The molecule has 1 aliphatic heterocycles. The Morgan fingerprint density at radius 3 is 2.84 bits per heavy atom. The Balaban J connectivity index is 1.27. The highest BCUT2D eigenvalue weighted by Crippen LogP contribution is 2.32. The Labute approximate surface area is 183 Å². The monoisotopic (exact) mass is 447 g/mol. The summed E-state index contributed by atoms with van der Waals surface area (Å²) in [6.07, 6.45) is 7.23. The maximum atomic E-state index is 14.0. The minimum absolute atomic E-state index is 0.240. The third-order valence-corrected chi connectivity index (χ3v) is 6.80. The number of rotatable bonds is 10. The number of imide groups is 1. The molecule has 2 aromatic rings. The Morgan fingerprint density at radius 2 is 2.06 bits per heavy atom. The lowest BCUT2D eigenvalue weighted by Crippen LogP contribution is -2.50. The van der Waals surface area contributed by atoms with Gasteiger partial charge in [-0.2, -0.15) is 3.97 Å². The van der Waals surface area contributed by atoms with Crippen LogP contribution in [-0.4, -0.2) is 45.3 Å². The van der Waals surface area contributed by atoms with Gasteiger partial charge in [0.05, 0.1) is 36.4 Å². The van der Waals surface area contributed by atoms with Gasteiger partial charge < -0.3 is 14.6 Å². The van der Waals surface area contributed by atoms with E-state index in [0.717, 1.165) is 24.0 Å². The summed E-state index contributed by atoms with van der Waals surface area (Å²) in [6, 6.07) is 6.24. The van der Waals surface area contributed by atoms with Gasteiger partial charge in [-0.1, -0.05) is 6.07 Å². The van der Waals surface area contributed by atoms with E-state index in [0.29, 0.717) is 44.1 Å². The summed E-state index contributed by atoms with van der Waals surface area (Å²) in [5.74, 6) is 0.292. The fourth-order valence-electron chi connectivity index (χ4n) is 3.43. The average molecular weight is 448 g/mol. The van der Waals surface area contributed by atoms with Crippen LogP contribution in [-0.2, 0) is 21.0 Å². The first-order chi connectivity index (χ1) is 15.0. The molecular weight excluding hydrogens is 421 g/mol. The van der Waals surface area contributed by atoms with E-state index in [1.165, 1.54) is 6.07 Å². The SMILES string of the molecule is O=C1CCC(NCCC[S+]([O-])n2ccc(-c3ccc(F)c(OCC4CC4)c3)c2)C(=O)N1. The summed E-state index contributed by atoms with van der Waals surface area (Å²) in [6.45, 7) is 1.07. The van der Waals surface area contributed by atoms with E-state index >= 15 is 0 Å². The number of hydrogen-bond acceptors (Lipinski definition) is 5. The Morgan fingerprint density at radius 1 is 1.23 bits per heavy atom. The summed E-state index contributed by atoms with van der Waals surface area (Å²) in [7, 11) is 0. The largest absolute Gasteiger partial charge is 0.593 e. The zero-order chi connectivity index (χ0) is 21.8. The van der Waals surface area contributed by atoms with Crippen molar-refractivity contribution in [2.24, 2.45) is 5.92 Å². The number of benzene rings is 1. The maximum absolute atomic E-state index is 14.0. The molecule has 2 atom stereocenters. The molecule has 1 aromatic carbocycles. The summed E-state index contributed by atoms with van der Waals surface area (Å²) >= 11 is -1.25. The fraction of sp³-hybridized carbons (Fsp3) is 0.455. The van der Waals surface area contributed by atoms with E-state index in [9.17, 15) is 18.5 Å². The molecule has 1 saturated carbocycles. The number of halogens is 1. The Kier molecular flexibility index (Phi) is 6.94. The minimum Gasteiger partial charge on any atom is -0.593 e. The number of piperidine rings is 1. The van der Waals surface area contributed by atoms with Gasteiger partial charge in [0.1, 0.15) is 5.75 Å². The zero-order valence-corrected chi connectivity index (χ0v) is 18.0. The molecule has 2 fully saturated rings. The predicted molar refractivity (Wildman–Crippen MR) is 115 cm³/mol. The molecule has 0 bridgehead atoms. The van der Waals surface area contributed by atoms with Crippen molar-refractivity contribution < 1.29 is 23.3 Å². The molecule has 2 unspecified atom stereocenters. The van der Waals surface area contributed by atoms with Crippen LogP contribution >= 0.6 is 0 Å². The highest BCUT2D eigenvalue weighted by molar-refractivity contribution is 7.89. The molecule has 0 radical (unpaired) electrons. The van der Waals surface area contributed by atoms with Crippen LogP contribution in [0.4, 0.5) is 4.39 Å². The summed E-state index contributed by atoms with van der Waals surface area (Å²) < 4.78 is 33.8. The van der Waals surface area contributed by atoms with Crippen molar-refractivity contribution in [3.05, 3.63) is 42.5 Å². The lowest BCUT2D eigenvalue weighted by Gasteiger charge is -2.21. The van der Waals surface area contributed by atoms with E-state index in [2.05, 4.69) is 10.6 Å². The maximum Gasteiger partial charge on any atom is 0.243 e. The normalized spacial score (nSPS) is 19.9. The van der Waals surface area contributed by atoms with Gasteiger partial charge in [0, 0.05) is 24.9 Å². The molecule has 0 spiro atoms. The first kappa shape index (κ1) is 21.9. The van der Waals surface area contributed by atoms with Gasteiger partial charge in [-0.15, -0.1) is 0 Å². The molecule has 7 nitrogen and oxygen atoms in total. The summed E-state index contributed by atoms with van der Waals surface area (Å²) in [4.78, 5) is 22.9. The first-order valence-electron chi connectivity index (χ1n) is 10.6. The van der Waals surface area contributed by atoms with Gasteiger partial charge in [0.2, 0.25) is 11.8 Å². The number of carbonyl (C=O) groups is 2. The van der Waals surface area contributed by atoms with Gasteiger partial charge in [-0.3, -0.25) is 14.9 Å². The predicted octanol–water partition coefficient (Wildman–Crippen LogP) is 2.38. The highest BCUT2D eigenvalue weighted by Gasteiger charge is 2.26. The molecule has 166 valence electrons. The van der Waals surface area contributed by atoms with Crippen LogP contribution in [0.3, 0.4) is 0 Å². The fourth-order valence-corrected chi connectivity index (χ4v) is 4.46. The number of aromatic nitrogens is 1. The van der Waals surface area contributed by atoms with Crippen LogP contribution in [0, 0.1) is 11.7 Å². The zero-order valence-electron chi connectivity index (χ0n) is 17.1. The molecular formula is C22H26FN3O4S. The van der Waals surface area contributed by atoms with Crippen molar-refractivity contribution >= 4 is 23.2 Å². The van der Waals surface area contributed by atoms with E-state index in [1.54, 1.807) is 28.5 Å². The van der Waals surface area contributed by atoms with Crippen molar-refractivity contribution in [3.8, 4) is 16.9 Å². The van der Waals surface area contributed by atoms with Crippen molar-refractivity contribution in [2.45, 2.75) is 38.1 Å². The second-order valence-electron chi connectivity index (χ2n) is 8.00. The second-order valence-corrected chi connectivity index (χ2v) is 9.47. The van der Waals surface area contributed by atoms with E-state index < -0.39 is 11.4 Å². The summed E-state index contributed by atoms with van der Waals surface area (Å²) in [5.41, 5.74) is 1.65. The molecule has 2 heterocycles. The van der Waals surface area contributed by atoms with Gasteiger partial charge in [0.15, 0.2) is 11.6 Å². The van der Waals surface area contributed by atoms with Crippen molar-refractivity contribution in [1.29, 1.82) is 0 Å². The van der Waals surface area contributed by atoms with Crippen LogP contribution < -0.4 is 15.4 Å². The second kappa shape index (κ2) is 9.84. The molecule has 1 aromatic heterocycles. The van der Waals surface area contributed by atoms with Crippen LogP contribution in [0.2, 0.25) is 0 Å². The van der Waals surface area contributed by atoms with E-state index in [-0.39, 0.29) is 29.4 Å².